The second-order valence-corrected chi connectivity index (χ2v) is 5.30. The third kappa shape index (κ3) is 2.73. The molecule has 1 rings (SSSR count). The zero-order valence-electron chi connectivity index (χ0n) is 10.1. The van der Waals surface area contributed by atoms with Gasteiger partial charge in [0.25, 0.3) is 0 Å². The summed E-state index contributed by atoms with van der Waals surface area (Å²) in [5.41, 5.74) is 0.239. The molecular formula is C13H26O. The highest BCUT2D eigenvalue weighted by Crippen LogP contribution is 2.42. The fraction of sp³-hybridized carbons (Fsp3) is 1.00. The summed E-state index contributed by atoms with van der Waals surface area (Å²) in [4.78, 5) is 0. The van der Waals surface area contributed by atoms with Crippen LogP contribution >= 0.6 is 0 Å². The molecular weight excluding hydrogens is 172 g/mol. The lowest BCUT2D eigenvalue weighted by Gasteiger charge is -2.32. The molecule has 84 valence electrons. The van der Waals surface area contributed by atoms with Crippen LogP contribution in [0.3, 0.4) is 0 Å². The van der Waals surface area contributed by atoms with E-state index in [1.54, 1.807) is 0 Å². The molecule has 0 spiro atoms. The van der Waals surface area contributed by atoms with Crippen LogP contribution in [0.5, 0.6) is 0 Å². The maximum absolute atomic E-state index is 10.2. The molecule has 0 saturated heterocycles. The first-order chi connectivity index (χ1) is 6.62. The molecule has 1 aliphatic rings. The summed E-state index contributed by atoms with van der Waals surface area (Å²) in [6.45, 7) is 6.74. The van der Waals surface area contributed by atoms with E-state index in [2.05, 4.69) is 20.8 Å². The highest BCUT2D eigenvalue weighted by molar-refractivity contribution is 4.87. The van der Waals surface area contributed by atoms with Gasteiger partial charge in [0.05, 0.1) is 6.10 Å². The first-order valence-corrected chi connectivity index (χ1v) is 6.30. The highest BCUT2D eigenvalue weighted by Gasteiger charge is 2.36. The molecule has 14 heavy (non-hydrogen) atoms. The zero-order chi connectivity index (χ0) is 10.6. The maximum Gasteiger partial charge on any atom is 0.0596 e. The Morgan fingerprint density at radius 3 is 2.07 bits per heavy atom. The first kappa shape index (κ1) is 12.0. The third-order valence-corrected chi connectivity index (χ3v) is 4.26. The van der Waals surface area contributed by atoms with E-state index in [-0.39, 0.29) is 11.5 Å². The Bertz CT molecular complexity index is 155. The van der Waals surface area contributed by atoms with Crippen molar-refractivity contribution in [1.82, 2.24) is 0 Å². The Labute approximate surface area is 88.9 Å². The quantitative estimate of drug-likeness (QED) is 0.713. The van der Waals surface area contributed by atoms with Crippen LogP contribution in [-0.4, -0.2) is 11.2 Å². The van der Waals surface area contributed by atoms with Crippen LogP contribution in [0.15, 0.2) is 0 Å². The molecule has 0 bridgehead atoms. The van der Waals surface area contributed by atoms with Gasteiger partial charge in [0.15, 0.2) is 0 Å². The second kappa shape index (κ2) is 5.16. The lowest BCUT2D eigenvalue weighted by atomic mass is 9.78. The topological polar surface area (TPSA) is 20.2 Å². The van der Waals surface area contributed by atoms with Crippen molar-refractivity contribution in [1.29, 1.82) is 0 Å². The largest absolute Gasteiger partial charge is 0.393 e. The average Bonchev–Trinajstić information content (AvgIpc) is 2.62. The molecule has 0 aromatic carbocycles. The van der Waals surface area contributed by atoms with Crippen LogP contribution < -0.4 is 0 Å². The van der Waals surface area contributed by atoms with Gasteiger partial charge in [0.2, 0.25) is 0 Å². The Hall–Kier alpha value is -0.0400. The van der Waals surface area contributed by atoms with Crippen molar-refractivity contribution < 1.29 is 5.11 Å². The minimum absolute atomic E-state index is 0.0603. The summed E-state index contributed by atoms with van der Waals surface area (Å²) < 4.78 is 0. The van der Waals surface area contributed by atoms with E-state index in [0.29, 0.717) is 0 Å². The van der Waals surface area contributed by atoms with Gasteiger partial charge in [-0.05, 0) is 30.6 Å². The number of hydrogen-bond donors (Lipinski definition) is 1. The molecule has 1 heteroatoms. The minimum Gasteiger partial charge on any atom is -0.393 e. The smallest absolute Gasteiger partial charge is 0.0596 e. The van der Waals surface area contributed by atoms with Crippen molar-refractivity contribution >= 4 is 0 Å². The van der Waals surface area contributed by atoms with E-state index in [4.69, 9.17) is 0 Å². The fourth-order valence-electron chi connectivity index (χ4n) is 2.74. The standard InChI is InChI=1S/C13H26O/c1-4-11(5-2)10-12(14)13(3)8-6-7-9-13/h11-12,14H,4-10H2,1-3H3. The van der Waals surface area contributed by atoms with E-state index >= 15 is 0 Å². The monoisotopic (exact) mass is 198 g/mol. The van der Waals surface area contributed by atoms with Gasteiger partial charge in [0, 0.05) is 0 Å². The van der Waals surface area contributed by atoms with Gasteiger partial charge >= 0.3 is 0 Å². The van der Waals surface area contributed by atoms with Gasteiger partial charge in [0.1, 0.15) is 0 Å². The molecule has 1 atom stereocenters. The Balaban J connectivity index is 2.43. The van der Waals surface area contributed by atoms with Gasteiger partial charge in [-0.25, -0.2) is 0 Å². The van der Waals surface area contributed by atoms with Gasteiger partial charge in [-0.2, -0.15) is 0 Å². The van der Waals surface area contributed by atoms with Crippen LogP contribution in [0.4, 0.5) is 0 Å². The summed E-state index contributed by atoms with van der Waals surface area (Å²) in [5, 5.41) is 10.2. The summed E-state index contributed by atoms with van der Waals surface area (Å²) in [7, 11) is 0. The Morgan fingerprint density at radius 1 is 1.14 bits per heavy atom. The Morgan fingerprint density at radius 2 is 1.64 bits per heavy atom. The van der Waals surface area contributed by atoms with Crippen molar-refractivity contribution in [2.24, 2.45) is 11.3 Å². The molecule has 0 amide bonds. The third-order valence-electron chi connectivity index (χ3n) is 4.26. The number of rotatable bonds is 5. The Kier molecular flexibility index (Phi) is 4.43. The van der Waals surface area contributed by atoms with Crippen molar-refractivity contribution in [3.05, 3.63) is 0 Å². The van der Waals surface area contributed by atoms with Gasteiger partial charge in [-0.15, -0.1) is 0 Å². The molecule has 0 aromatic rings. The molecule has 1 unspecified atom stereocenters. The minimum atomic E-state index is -0.0603. The molecule has 0 aromatic heterocycles. The van der Waals surface area contributed by atoms with Crippen LogP contribution in [0, 0.1) is 11.3 Å². The summed E-state index contributed by atoms with van der Waals surface area (Å²) in [6, 6.07) is 0. The van der Waals surface area contributed by atoms with E-state index in [9.17, 15) is 5.11 Å². The molecule has 1 fully saturated rings. The van der Waals surface area contributed by atoms with E-state index in [1.807, 2.05) is 0 Å². The summed E-state index contributed by atoms with van der Waals surface area (Å²) >= 11 is 0. The van der Waals surface area contributed by atoms with Gasteiger partial charge in [-0.3, -0.25) is 0 Å². The molecule has 1 aliphatic carbocycles. The van der Waals surface area contributed by atoms with Crippen molar-refractivity contribution in [2.45, 2.75) is 71.8 Å². The highest BCUT2D eigenvalue weighted by atomic mass is 16.3. The molecule has 1 N–H and O–H groups in total. The molecule has 0 heterocycles. The molecule has 0 aliphatic heterocycles. The number of hydrogen-bond acceptors (Lipinski definition) is 1. The van der Waals surface area contributed by atoms with Crippen molar-refractivity contribution in [3.63, 3.8) is 0 Å². The van der Waals surface area contributed by atoms with E-state index in [1.165, 1.54) is 38.5 Å². The number of aliphatic hydroxyl groups excluding tert-OH is 1. The van der Waals surface area contributed by atoms with Crippen LogP contribution in [0.1, 0.15) is 65.7 Å². The van der Waals surface area contributed by atoms with Gasteiger partial charge < -0.3 is 5.11 Å². The maximum atomic E-state index is 10.2. The summed E-state index contributed by atoms with van der Waals surface area (Å²) in [6.07, 6.45) is 8.47. The predicted octanol–water partition coefficient (Wildman–Crippen LogP) is 3.75. The SMILES string of the molecule is CCC(CC)CC(O)C1(C)CCCC1. The van der Waals surface area contributed by atoms with Crippen LogP contribution in [0.25, 0.3) is 0 Å². The van der Waals surface area contributed by atoms with Crippen molar-refractivity contribution in [2.75, 3.05) is 0 Å². The molecule has 1 nitrogen and oxygen atoms in total. The average molecular weight is 198 g/mol. The van der Waals surface area contributed by atoms with E-state index < -0.39 is 0 Å². The lowest BCUT2D eigenvalue weighted by Crippen LogP contribution is -2.31. The second-order valence-electron chi connectivity index (χ2n) is 5.30. The van der Waals surface area contributed by atoms with Gasteiger partial charge in [-0.1, -0.05) is 46.5 Å². The van der Waals surface area contributed by atoms with E-state index in [0.717, 1.165) is 12.3 Å². The summed E-state index contributed by atoms with van der Waals surface area (Å²) in [5.74, 6) is 0.724. The molecule has 1 saturated carbocycles. The lowest BCUT2D eigenvalue weighted by molar-refractivity contribution is 0.0210. The number of aliphatic hydroxyl groups is 1. The normalized spacial score (nSPS) is 22.9. The zero-order valence-corrected chi connectivity index (χ0v) is 10.1. The molecule has 0 radical (unpaired) electrons. The van der Waals surface area contributed by atoms with Crippen LogP contribution in [-0.2, 0) is 0 Å². The van der Waals surface area contributed by atoms with Crippen molar-refractivity contribution in [3.8, 4) is 0 Å². The first-order valence-electron chi connectivity index (χ1n) is 6.30. The predicted molar refractivity (Wildman–Crippen MR) is 61.3 cm³/mol. The van der Waals surface area contributed by atoms with Crippen LogP contribution in [0.2, 0.25) is 0 Å². The fourth-order valence-corrected chi connectivity index (χ4v) is 2.74.